The fourth-order valence-corrected chi connectivity index (χ4v) is 3.14. The fraction of sp³-hybridized carbons (Fsp3) is 0.632. The summed E-state index contributed by atoms with van der Waals surface area (Å²) in [6.07, 6.45) is 4.15. The summed E-state index contributed by atoms with van der Waals surface area (Å²) >= 11 is 6.34. The number of hydrogen-bond acceptors (Lipinski definition) is 4. The molecule has 2 N–H and O–H groups in total. The normalized spacial score (nSPS) is 16.0. The largest absolute Gasteiger partial charge is 0.490 e. The van der Waals surface area contributed by atoms with Crippen molar-refractivity contribution in [2.75, 3.05) is 32.8 Å². The third kappa shape index (κ3) is 6.86. The van der Waals surface area contributed by atoms with Gasteiger partial charge in [0, 0.05) is 12.1 Å². The third-order valence-corrected chi connectivity index (χ3v) is 4.60. The molecule has 1 atom stereocenters. The third-order valence-electron chi connectivity index (χ3n) is 4.32. The summed E-state index contributed by atoms with van der Waals surface area (Å²) in [6, 6.07) is 3.36. The SMILES string of the molecule is CCCCOc1c(Cl)cc(C(=O)NCCC2CCNC2)cc1OCC.Cl. The molecule has 1 heterocycles. The van der Waals surface area contributed by atoms with Crippen molar-refractivity contribution in [1.29, 1.82) is 0 Å². The quantitative estimate of drug-likeness (QED) is 0.577. The average molecular weight is 405 g/mol. The smallest absolute Gasteiger partial charge is 0.251 e. The van der Waals surface area contributed by atoms with Crippen molar-refractivity contribution in [2.45, 2.75) is 39.5 Å². The van der Waals surface area contributed by atoms with Gasteiger partial charge in [-0.2, -0.15) is 0 Å². The zero-order valence-electron chi connectivity index (χ0n) is 15.6. The van der Waals surface area contributed by atoms with Crippen molar-refractivity contribution >= 4 is 29.9 Å². The standard InChI is InChI=1S/C19H29ClN2O3.ClH/c1-3-5-10-25-18-16(20)11-15(12-17(18)24-4-2)19(23)22-9-7-14-6-8-21-13-14;/h11-12,14,21H,3-10,13H2,1-2H3,(H,22,23);1H. The molecule has 1 aromatic carbocycles. The molecule has 26 heavy (non-hydrogen) atoms. The van der Waals surface area contributed by atoms with Gasteiger partial charge < -0.3 is 20.1 Å². The molecule has 7 heteroatoms. The molecular weight excluding hydrogens is 375 g/mol. The molecule has 1 aliphatic rings. The molecule has 1 aromatic rings. The first kappa shape index (κ1) is 22.9. The van der Waals surface area contributed by atoms with E-state index in [0.717, 1.165) is 32.4 Å². The van der Waals surface area contributed by atoms with Crippen LogP contribution in [0.5, 0.6) is 11.5 Å². The highest BCUT2D eigenvalue weighted by Gasteiger charge is 2.18. The van der Waals surface area contributed by atoms with E-state index in [4.69, 9.17) is 21.1 Å². The highest BCUT2D eigenvalue weighted by molar-refractivity contribution is 6.32. The number of unbranched alkanes of at least 4 members (excludes halogenated alkanes) is 1. The van der Waals surface area contributed by atoms with Crippen LogP contribution in [-0.4, -0.2) is 38.8 Å². The predicted molar refractivity (Wildman–Crippen MR) is 108 cm³/mol. The molecule has 0 bridgehead atoms. The van der Waals surface area contributed by atoms with Crippen LogP contribution < -0.4 is 20.1 Å². The van der Waals surface area contributed by atoms with Gasteiger partial charge in [-0.1, -0.05) is 24.9 Å². The Morgan fingerprint density at radius 2 is 2.15 bits per heavy atom. The summed E-state index contributed by atoms with van der Waals surface area (Å²) in [5, 5.41) is 6.72. The second-order valence-electron chi connectivity index (χ2n) is 6.32. The monoisotopic (exact) mass is 404 g/mol. The maximum atomic E-state index is 12.4. The summed E-state index contributed by atoms with van der Waals surface area (Å²) < 4.78 is 11.4. The van der Waals surface area contributed by atoms with Gasteiger partial charge in [0.2, 0.25) is 0 Å². The zero-order chi connectivity index (χ0) is 18.1. The molecule has 5 nitrogen and oxygen atoms in total. The lowest BCUT2D eigenvalue weighted by atomic mass is 10.1. The van der Waals surface area contributed by atoms with Crippen molar-refractivity contribution in [3.63, 3.8) is 0 Å². The minimum Gasteiger partial charge on any atom is -0.490 e. The number of ether oxygens (including phenoxy) is 2. The summed E-state index contributed by atoms with van der Waals surface area (Å²) in [4.78, 5) is 12.4. The van der Waals surface area contributed by atoms with Crippen LogP contribution in [0.4, 0.5) is 0 Å². The summed E-state index contributed by atoms with van der Waals surface area (Å²) in [5.41, 5.74) is 0.501. The topological polar surface area (TPSA) is 59.6 Å². The minimum absolute atomic E-state index is 0. The fourth-order valence-electron chi connectivity index (χ4n) is 2.87. The molecule has 1 amide bonds. The average Bonchev–Trinajstić information content (AvgIpc) is 3.10. The number of carbonyl (C=O) groups is 1. The van der Waals surface area contributed by atoms with Crippen molar-refractivity contribution in [2.24, 2.45) is 5.92 Å². The molecule has 1 fully saturated rings. The van der Waals surface area contributed by atoms with E-state index in [0.29, 0.717) is 47.8 Å². The van der Waals surface area contributed by atoms with E-state index in [9.17, 15) is 4.79 Å². The Bertz CT molecular complexity index is 564. The number of nitrogens with one attached hydrogen (secondary N) is 2. The molecule has 0 saturated carbocycles. The number of hydrogen-bond donors (Lipinski definition) is 2. The Morgan fingerprint density at radius 1 is 1.35 bits per heavy atom. The Kier molecular flexibility index (Phi) is 10.8. The molecule has 2 rings (SSSR count). The van der Waals surface area contributed by atoms with E-state index in [2.05, 4.69) is 17.6 Å². The molecule has 1 aliphatic heterocycles. The second-order valence-corrected chi connectivity index (χ2v) is 6.73. The number of benzene rings is 1. The predicted octanol–water partition coefficient (Wildman–Crippen LogP) is 4.07. The van der Waals surface area contributed by atoms with E-state index in [-0.39, 0.29) is 18.3 Å². The lowest BCUT2D eigenvalue weighted by Gasteiger charge is -2.15. The molecule has 0 radical (unpaired) electrons. The van der Waals surface area contributed by atoms with Crippen molar-refractivity contribution in [3.05, 3.63) is 22.7 Å². The lowest BCUT2D eigenvalue weighted by Crippen LogP contribution is -2.26. The van der Waals surface area contributed by atoms with Crippen molar-refractivity contribution < 1.29 is 14.3 Å². The van der Waals surface area contributed by atoms with Crippen LogP contribution >= 0.6 is 24.0 Å². The minimum atomic E-state index is -0.131. The van der Waals surface area contributed by atoms with Crippen LogP contribution in [0.3, 0.4) is 0 Å². The highest BCUT2D eigenvalue weighted by atomic mass is 35.5. The van der Waals surface area contributed by atoms with Crippen molar-refractivity contribution in [3.8, 4) is 11.5 Å². The van der Waals surface area contributed by atoms with Crippen LogP contribution in [0, 0.1) is 5.92 Å². The maximum absolute atomic E-state index is 12.4. The van der Waals surface area contributed by atoms with Gasteiger partial charge in [-0.3, -0.25) is 4.79 Å². The number of rotatable bonds is 10. The van der Waals surface area contributed by atoms with E-state index in [1.165, 1.54) is 6.42 Å². The first-order chi connectivity index (χ1) is 12.2. The number of amides is 1. The van der Waals surface area contributed by atoms with E-state index in [1.807, 2.05) is 6.92 Å². The Balaban J connectivity index is 0.00000338. The maximum Gasteiger partial charge on any atom is 0.251 e. The van der Waals surface area contributed by atoms with E-state index in [1.54, 1.807) is 12.1 Å². The molecule has 148 valence electrons. The van der Waals surface area contributed by atoms with Crippen LogP contribution in [-0.2, 0) is 0 Å². The molecule has 1 saturated heterocycles. The van der Waals surface area contributed by atoms with Gasteiger partial charge in [0.1, 0.15) is 0 Å². The first-order valence-electron chi connectivity index (χ1n) is 9.23. The molecule has 1 unspecified atom stereocenters. The number of halogens is 2. The summed E-state index contributed by atoms with van der Waals surface area (Å²) in [7, 11) is 0. The van der Waals surface area contributed by atoms with Crippen LogP contribution in [0.25, 0.3) is 0 Å². The molecule has 0 aromatic heterocycles. The number of carbonyl (C=O) groups excluding carboxylic acids is 1. The van der Waals surface area contributed by atoms with Gasteiger partial charge in [-0.05, 0) is 57.3 Å². The van der Waals surface area contributed by atoms with E-state index < -0.39 is 0 Å². The Morgan fingerprint density at radius 3 is 2.81 bits per heavy atom. The van der Waals surface area contributed by atoms with Gasteiger partial charge in [0.15, 0.2) is 11.5 Å². The van der Waals surface area contributed by atoms with Crippen LogP contribution in [0.2, 0.25) is 5.02 Å². The Hall–Kier alpha value is -1.17. The Labute approximate surface area is 167 Å². The van der Waals surface area contributed by atoms with Gasteiger partial charge in [-0.15, -0.1) is 12.4 Å². The molecular formula is C19H30Cl2N2O3. The second kappa shape index (κ2) is 12.3. The summed E-state index contributed by atoms with van der Waals surface area (Å²) in [5.74, 6) is 1.56. The highest BCUT2D eigenvalue weighted by Crippen LogP contribution is 2.36. The van der Waals surface area contributed by atoms with E-state index >= 15 is 0 Å². The molecule has 0 aliphatic carbocycles. The van der Waals surface area contributed by atoms with Crippen LogP contribution in [0.1, 0.15) is 49.9 Å². The first-order valence-corrected chi connectivity index (χ1v) is 9.61. The van der Waals surface area contributed by atoms with Crippen molar-refractivity contribution in [1.82, 2.24) is 10.6 Å². The van der Waals surface area contributed by atoms with Gasteiger partial charge in [0.05, 0.1) is 18.2 Å². The van der Waals surface area contributed by atoms with Crippen LogP contribution in [0.15, 0.2) is 12.1 Å². The lowest BCUT2D eigenvalue weighted by molar-refractivity contribution is 0.0951. The summed E-state index contributed by atoms with van der Waals surface area (Å²) in [6.45, 7) is 7.85. The van der Waals surface area contributed by atoms with Gasteiger partial charge in [-0.25, -0.2) is 0 Å². The molecule has 0 spiro atoms. The van der Waals surface area contributed by atoms with Gasteiger partial charge >= 0.3 is 0 Å². The zero-order valence-corrected chi connectivity index (χ0v) is 17.2. The van der Waals surface area contributed by atoms with Gasteiger partial charge in [0.25, 0.3) is 5.91 Å².